The molecule has 0 aliphatic rings. The highest BCUT2D eigenvalue weighted by atomic mass is 79.9. The van der Waals surface area contributed by atoms with E-state index in [1.54, 1.807) is 7.11 Å². The van der Waals surface area contributed by atoms with Crippen LogP contribution in [0.2, 0.25) is 0 Å². The van der Waals surface area contributed by atoms with Crippen LogP contribution in [0.25, 0.3) is 0 Å². The van der Waals surface area contributed by atoms with Gasteiger partial charge in [0.05, 0.1) is 7.11 Å². The third kappa shape index (κ3) is 4.38. The maximum Gasteiger partial charge on any atom is 0.119 e. The molecule has 0 saturated heterocycles. The molecular weight excluding hydrogens is 284 g/mol. The van der Waals surface area contributed by atoms with Crippen LogP contribution in [-0.2, 0) is 5.75 Å². The lowest BCUT2D eigenvalue weighted by Crippen LogP contribution is -1.96. The van der Waals surface area contributed by atoms with Crippen LogP contribution in [0.5, 0.6) is 5.75 Å². The number of ether oxygens (including phenoxy) is 1. The average molecular weight is 303 g/mol. The van der Waals surface area contributed by atoms with E-state index in [-0.39, 0.29) is 0 Å². The van der Waals surface area contributed by atoms with E-state index in [2.05, 4.69) is 41.9 Å². The molecule has 3 heteroatoms. The molecule has 1 aromatic carbocycles. The fraction of sp³-hybridized carbons (Fsp3) is 0.538. The minimum atomic E-state index is 0.800. The standard InChI is InChI=1S/C13H19BrOS/c1-4-10(2)8-16-9-11-7-12(15-3)5-6-13(11)14/h5-7,10H,4,8-9H2,1-3H3. The summed E-state index contributed by atoms with van der Waals surface area (Å²) in [6.45, 7) is 4.54. The number of hydrogen-bond acceptors (Lipinski definition) is 2. The first-order valence-corrected chi connectivity index (χ1v) is 7.52. The van der Waals surface area contributed by atoms with Gasteiger partial charge in [0.2, 0.25) is 0 Å². The van der Waals surface area contributed by atoms with Crippen molar-refractivity contribution in [3.8, 4) is 5.75 Å². The van der Waals surface area contributed by atoms with Crippen molar-refractivity contribution in [2.45, 2.75) is 26.0 Å². The lowest BCUT2D eigenvalue weighted by atomic mass is 10.2. The van der Waals surface area contributed by atoms with E-state index in [0.29, 0.717) is 0 Å². The summed E-state index contributed by atoms with van der Waals surface area (Å²) in [4.78, 5) is 0. The van der Waals surface area contributed by atoms with E-state index in [9.17, 15) is 0 Å². The Balaban J connectivity index is 2.52. The Morgan fingerprint density at radius 1 is 1.44 bits per heavy atom. The van der Waals surface area contributed by atoms with Gasteiger partial charge >= 0.3 is 0 Å². The van der Waals surface area contributed by atoms with Gasteiger partial charge in [-0.3, -0.25) is 0 Å². The first kappa shape index (κ1) is 13.9. The molecule has 0 fully saturated rings. The SMILES string of the molecule is CCC(C)CSCc1cc(OC)ccc1Br. The quantitative estimate of drug-likeness (QED) is 0.751. The van der Waals surface area contributed by atoms with E-state index in [4.69, 9.17) is 4.74 Å². The smallest absolute Gasteiger partial charge is 0.119 e. The van der Waals surface area contributed by atoms with E-state index in [0.717, 1.165) is 17.4 Å². The summed E-state index contributed by atoms with van der Waals surface area (Å²) in [7, 11) is 1.71. The highest BCUT2D eigenvalue weighted by molar-refractivity contribution is 9.10. The number of rotatable bonds is 6. The lowest BCUT2D eigenvalue weighted by Gasteiger charge is -2.10. The van der Waals surface area contributed by atoms with Gasteiger partial charge in [-0.2, -0.15) is 11.8 Å². The van der Waals surface area contributed by atoms with Crippen LogP contribution in [0, 0.1) is 5.92 Å². The Bertz CT molecular complexity index is 328. The summed E-state index contributed by atoms with van der Waals surface area (Å²) in [5, 5.41) is 0. The van der Waals surface area contributed by atoms with Crippen molar-refractivity contribution in [3.63, 3.8) is 0 Å². The van der Waals surface area contributed by atoms with Crippen molar-refractivity contribution in [1.82, 2.24) is 0 Å². The van der Waals surface area contributed by atoms with E-state index >= 15 is 0 Å². The van der Waals surface area contributed by atoms with Gasteiger partial charge in [0.15, 0.2) is 0 Å². The Morgan fingerprint density at radius 2 is 2.19 bits per heavy atom. The summed E-state index contributed by atoms with van der Waals surface area (Å²) in [6, 6.07) is 6.14. The van der Waals surface area contributed by atoms with Crippen LogP contribution in [0.15, 0.2) is 22.7 Å². The Hall–Kier alpha value is -0.150. The second-order valence-corrected chi connectivity index (χ2v) is 5.87. The van der Waals surface area contributed by atoms with Crippen molar-refractivity contribution in [1.29, 1.82) is 0 Å². The zero-order chi connectivity index (χ0) is 12.0. The average Bonchev–Trinajstić information content (AvgIpc) is 2.31. The van der Waals surface area contributed by atoms with Crippen LogP contribution in [0.1, 0.15) is 25.8 Å². The molecule has 0 spiro atoms. The van der Waals surface area contributed by atoms with Crippen LogP contribution in [0.4, 0.5) is 0 Å². The van der Waals surface area contributed by atoms with Crippen LogP contribution >= 0.6 is 27.7 Å². The number of hydrogen-bond donors (Lipinski definition) is 0. The zero-order valence-electron chi connectivity index (χ0n) is 10.1. The summed E-state index contributed by atoms with van der Waals surface area (Å²) >= 11 is 5.56. The summed E-state index contributed by atoms with van der Waals surface area (Å²) < 4.78 is 6.40. The van der Waals surface area contributed by atoms with Crippen molar-refractivity contribution < 1.29 is 4.74 Å². The van der Waals surface area contributed by atoms with Crippen molar-refractivity contribution >= 4 is 27.7 Å². The van der Waals surface area contributed by atoms with Gasteiger partial charge in [-0.15, -0.1) is 0 Å². The fourth-order valence-electron chi connectivity index (χ4n) is 1.28. The Labute approximate surface area is 111 Å². The molecule has 1 atom stereocenters. The molecule has 0 radical (unpaired) electrons. The van der Waals surface area contributed by atoms with Crippen LogP contribution < -0.4 is 4.74 Å². The Morgan fingerprint density at radius 3 is 2.81 bits per heavy atom. The van der Waals surface area contributed by atoms with Gasteiger partial charge in [-0.1, -0.05) is 36.2 Å². The first-order chi connectivity index (χ1) is 7.67. The molecule has 0 amide bonds. The van der Waals surface area contributed by atoms with E-state index in [1.807, 2.05) is 17.8 Å². The Kier molecular flexibility index (Phi) is 6.29. The van der Waals surface area contributed by atoms with Gasteiger partial charge in [0.25, 0.3) is 0 Å². The molecule has 16 heavy (non-hydrogen) atoms. The summed E-state index contributed by atoms with van der Waals surface area (Å²) in [5.41, 5.74) is 1.31. The lowest BCUT2D eigenvalue weighted by molar-refractivity contribution is 0.414. The maximum absolute atomic E-state index is 5.23. The molecule has 0 heterocycles. The fourth-order valence-corrected chi connectivity index (χ4v) is 3.06. The molecule has 90 valence electrons. The van der Waals surface area contributed by atoms with Crippen LogP contribution in [0.3, 0.4) is 0 Å². The molecule has 0 N–H and O–H groups in total. The second kappa shape index (κ2) is 7.23. The van der Waals surface area contributed by atoms with Gasteiger partial charge in [0.1, 0.15) is 5.75 Å². The topological polar surface area (TPSA) is 9.23 Å². The number of benzene rings is 1. The van der Waals surface area contributed by atoms with Crippen molar-refractivity contribution in [3.05, 3.63) is 28.2 Å². The highest BCUT2D eigenvalue weighted by Crippen LogP contribution is 2.27. The maximum atomic E-state index is 5.23. The third-order valence-electron chi connectivity index (χ3n) is 2.61. The molecule has 1 rings (SSSR count). The van der Waals surface area contributed by atoms with Crippen LogP contribution in [-0.4, -0.2) is 12.9 Å². The minimum absolute atomic E-state index is 0.800. The molecule has 0 bridgehead atoms. The number of thioether (sulfide) groups is 1. The number of methoxy groups -OCH3 is 1. The first-order valence-electron chi connectivity index (χ1n) is 5.57. The van der Waals surface area contributed by atoms with E-state index < -0.39 is 0 Å². The predicted octanol–water partition coefficient (Wildman–Crippen LogP) is 4.74. The number of halogens is 1. The molecule has 1 aromatic rings. The molecule has 1 nitrogen and oxygen atoms in total. The highest BCUT2D eigenvalue weighted by Gasteiger charge is 2.04. The molecule has 0 saturated carbocycles. The summed E-state index contributed by atoms with van der Waals surface area (Å²) in [6.07, 6.45) is 1.26. The van der Waals surface area contributed by atoms with Crippen molar-refractivity contribution in [2.75, 3.05) is 12.9 Å². The molecule has 0 aliphatic heterocycles. The minimum Gasteiger partial charge on any atom is -0.497 e. The summed E-state index contributed by atoms with van der Waals surface area (Å²) in [5.74, 6) is 4.00. The van der Waals surface area contributed by atoms with Gasteiger partial charge in [-0.25, -0.2) is 0 Å². The molecular formula is C13H19BrOS. The zero-order valence-corrected chi connectivity index (χ0v) is 12.5. The second-order valence-electron chi connectivity index (χ2n) is 3.99. The molecule has 0 aliphatic carbocycles. The van der Waals surface area contributed by atoms with Gasteiger partial charge < -0.3 is 4.74 Å². The molecule has 1 unspecified atom stereocenters. The third-order valence-corrected chi connectivity index (χ3v) is 4.70. The van der Waals surface area contributed by atoms with Gasteiger partial charge in [0, 0.05) is 10.2 Å². The largest absolute Gasteiger partial charge is 0.497 e. The predicted molar refractivity (Wildman–Crippen MR) is 76.3 cm³/mol. The van der Waals surface area contributed by atoms with Crippen molar-refractivity contribution in [2.24, 2.45) is 5.92 Å². The monoisotopic (exact) mass is 302 g/mol. The molecule has 0 aromatic heterocycles. The normalized spacial score (nSPS) is 12.5. The van der Waals surface area contributed by atoms with E-state index in [1.165, 1.54) is 22.2 Å². The van der Waals surface area contributed by atoms with Gasteiger partial charge in [-0.05, 0) is 35.4 Å².